The van der Waals surface area contributed by atoms with Gasteiger partial charge >= 0.3 is 6.36 Å². The lowest BCUT2D eigenvalue weighted by Gasteiger charge is -2.23. The van der Waals surface area contributed by atoms with Crippen LogP contribution in [0.3, 0.4) is 0 Å². The fourth-order valence-corrected chi connectivity index (χ4v) is 3.06. The van der Waals surface area contributed by atoms with Gasteiger partial charge in [-0.2, -0.15) is 10.2 Å². The predicted octanol–water partition coefficient (Wildman–Crippen LogP) is 3.27. The molecule has 0 saturated carbocycles. The van der Waals surface area contributed by atoms with Gasteiger partial charge in [-0.1, -0.05) is 18.2 Å². The summed E-state index contributed by atoms with van der Waals surface area (Å²) in [5.41, 5.74) is 0.618. The molecule has 1 aliphatic heterocycles. The quantitative estimate of drug-likeness (QED) is 0.650. The van der Waals surface area contributed by atoms with Crippen molar-refractivity contribution in [3.8, 4) is 11.8 Å². The first-order valence-electron chi connectivity index (χ1n) is 9.24. The Kier molecular flexibility index (Phi) is 6.72. The summed E-state index contributed by atoms with van der Waals surface area (Å²) in [7, 11) is 0. The molecule has 0 radical (unpaired) electrons. The molecule has 3 rings (SSSR count). The van der Waals surface area contributed by atoms with Crippen LogP contribution in [0, 0.1) is 17.2 Å². The summed E-state index contributed by atoms with van der Waals surface area (Å²) in [6, 6.07) is 7.90. The average Bonchev–Trinajstić information content (AvgIpc) is 2.71. The first kappa shape index (κ1) is 20.7. The van der Waals surface area contributed by atoms with Crippen molar-refractivity contribution in [2.75, 3.05) is 30.3 Å². The van der Waals surface area contributed by atoms with Gasteiger partial charge in [0.1, 0.15) is 23.2 Å². The number of nitrogens with one attached hydrogen (secondary N) is 3. The van der Waals surface area contributed by atoms with Gasteiger partial charge in [-0.05, 0) is 37.9 Å². The van der Waals surface area contributed by atoms with Crippen molar-refractivity contribution in [3.63, 3.8) is 0 Å². The zero-order chi connectivity index (χ0) is 20.7. The van der Waals surface area contributed by atoms with Crippen LogP contribution in [0.4, 0.5) is 24.9 Å². The van der Waals surface area contributed by atoms with Crippen molar-refractivity contribution in [3.05, 3.63) is 41.6 Å². The molecule has 2 aromatic rings. The van der Waals surface area contributed by atoms with E-state index in [-0.39, 0.29) is 18.2 Å². The Labute approximate surface area is 166 Å². The van der Waals surface area contributed by atoms with E-state index in [0.29, 0.717) is 29.4 Å². The molecule has 1 aliphatic rings. The number of anilines is 2. The monoisotopic (exact) mass is 406 g/mol. The standard InChI is InChI=1S/C19H21F3N6O/c20-19(21,22)29-16-4-2-1-3-14(16)11-26-18-27-12-15(9-23)17(28-18)25-10-13-5-7-24-8-6-13/h1-4,12-13,24H,5-8,10-11H2,(H2,25,26,27,28). The molecule has 1 fully saturated rings. The summed E-state index contributed by atoms with van der Waals surface area (Å²) < 4.78 is 41.7. The number of aromatic nitrogens is 2. The highest BCUT2D eigenvalue weighted by Gasteiger charge is 2.31. The van der Waals surface area contributed by atoms with Gasteiger partial charge < -0.3 is 20.7 Å². The Morgan fingerprint density at radius 3 is 2.69 bits per heavy atom. The molecule has 0 amide bonds. The number of para-hydroxylation sites is 1. The topological polar surface area (TPSA) is 94.9 Å². The lowest BCUT2D eigenvalue weighted by atomic mass is 9.98. The molecule has 7 nitrogen and oxygen atoms in total. The van der Waals surface area contributed by atoms with Crippen LogP contribution in [0.1, 0.15) is 24.0 Å². The molecule has 29 heavy (non-hydrogen) atoms. The average molecular weight is 406 g/mol. The van der Waals surface area contributed by atoms with Gasteiger partial charge in [-0.25, -0.2) is 4.98 Å². The minimum absolute atomic E-state index is 0.0336. The van der Waals surface area contributed by atoms with E-state index >= 15 is 0 Å². The van der Waals surface area contributed by atoms with Gasteiger partial charge in [0.15, 0.2) is 0 Å². The summed E-state index contributed by atoms with van der Waals surface area (Å²) in [6.45, 7) is 2.65. The maximum Gasteiger partial charge on any atom is 0.573 e. The SMILES string of the molecule is N#Cc1cnc(NCc2ccccc2OC(F)(F)F)nc1NCC1CCNCC1. The van der Waals surface area contributed by atoms with Crippen molar-refractivity contribution in [1.29, 1.82) is 5.26 Å². The maximum absolute atomic E-state index is 12.5. The summed E-state index contributed by atoms with van der Waals surface area (Å²) in [4.78, 5) is 8.38. The highest BCUT2D eigenvalue weighted by Crippen LogP contribution is 2.26. The Hall–Kier alpha value is -3.06. The third kappa shape index (κ3) is 6.22. The second-order valence-corrected chi connectivity index (χ2v) is 6.65. The number of nitrogens with zero attached hydrogens (tertiary/aromatic N) is 3. The molecule has 10 heteroatoms. The normalized spacial score (nSPS) is 14.8. The van der Waals surface area contributed by atoms with Crippen LogP contribution in [0.25, 0.3) is 0 Å². The first-order valence-corrected chi connectivity index (χ1v) is 9.24. The molecule has 0 spiro atoms. The largest absolute Gasteiger partial charge is 0.573 e. The minimum Gasteiger partial charge on any atom is -0.405 e. The van der Waals surface area contributed by atoms with E-state index in [1.54, 1.807) is 6.07 Å². The zero-order valence-electron chi connectivity index (χ0n) is 15.6. The molecule has 1 aromatic heterocycles. The Balaban J connectivity index is 1.66. The van der Waals surface area contributed by atoms with Crippen LogP contribution in [0.5, 0.6) is 5.75 Å². The second-order valence-electron chi connectivity index (χ2n) is 6.65. The molecule has 1 saturated heterocycles. The molecule has 0 unspecified atom stereocenters. The van der Waals surface area contributed by atoms with E-state index in [1.165, 1.54) is 24.4 Å². The van der Waals surface area contributed by atoms with Crippen molar-refractivity contribution in [2.45, 2.75) is 25.7 Å². The Morgan fingerprint density at radius 1 is 1.21 bits per heavy atom. The summed E-state index contributed by atoms with van der Waals surface area (Å²) >= 11 is 0. The third-order valence-electron chi connectivity index (χ3n) is 4.56. The van der Waals surface area contributed by atoms with E-state index in [0.717, 1.165) is 25.9 Å². The van der Waals surface area contributed by atoms with Crippen molar-refractivity contribution < 1.29 is 17.9 Å². The zero-order valence-corrected chi connectivity index (χ0v) is 15.6. The summed E-state index contributed by atoms with van der Waals surface area (Å²) in [5, 5.41) is 18.7. The molecular weight excluding hydrogens is 385 g/mol. The number of alkyl halides is 3. The molecule has 0 atom stereocenters. The summed E-state index contributed by atoms with van der Waals surface area (Å²) in [5.74, 6) is 0.813. The number of hydrogen-bond donors (Lipinski definition) is 3. The van der Waals surface area contributed by atoms with Gasteiger partial charge in [0.05, 0.1) is 6.20 Å². The van der Waals surface area contributed by atoms with Crippen molar-refractivity contribution in [2.24, 2.45) is 5.92 Å². The highest BCUT2D eigenvalue weighted by atomic mass is 19.4. The highest BCUT2D eigenvalue weighted by molar-refractivity contribution is 5.53. The van der Waals surface area contributed by atoms with E-state index < -0.39 is 6.36 Å². The predicted molar refractivity (Wildman–Crippen MR) is 101 cm³/mol. The molecule has 0 bridgehead atoms. The molecular formula is C19H21F3N6O. The van der Waals surface area contributed by atoms with E-state index in [4.69, 9.17) is 0 Å². The number of ether oxygens (including phenoxy) is 1. The number of benzene rings is 1. The van der Waals surface area contributed by atoms with E-state index in [9.17, 15) is 18.4 Å². The molecule has 2 heterocycles. The fourth-order valence-electron chi connectivity index (χ4n) is 3.06. The van der Waals surface area contributed by atoms with Crippen molar-refractivity contribution in [1.82, 2.24) is 15.3 Å². The van der Waals surface area contributed by atoms with Gasteiger partial charge in [-0.15, -0.1) is 13.2 Å². The number of piperidine rings is 1. The lowest BCUT2D eigenvalue weighted by Crippen LogP contribution is -2.31. The van der Waals surface area contributed by atoms with Crippen LogP contribution >= 0.6 is 0 Å². The second kappa shape index (κ2) is 9.43. The van der Waals surface area contributed by atoms with Crippen LogP contribution in [0.2, 0.25) is 0 Å². The Morgan fingerprint density at radius 2 is 1.97 bits per heavy atom. The smallest absolute Gasteiger partial charge is 0.405 e. The Bertz CT molecular complexity index is 862. The summed E-state index contributed by atoms with van der Waals surface area (Å²) in [6.07, 6.45) is -1.30. The molecule has 154 valence electrons. The molecule has 1 aromatic carbocycles. The molecule has 3 N–H and O–H groups in total. The lowest BCUT2D eigenvalue weighted by molar-refractivity contribution is -0.274. The fraction of sp³-hybridized carbons (Fsp3) is 0.421. The third-order valence-corrected chi connectivity index (χ3v) is 4.56. The number of rotatable bonds is 7. The van der Waals surface area contributed by atoms with Crippen molar-refractivity contribution >= 4 is 11.8 Å². The number of nitriles is 1. The number of halogens is 3. The minimum atomic E-state index is -4.77. The van der Waals surface area contributed by atoms with Gasteiger partial charge in [-0.3, -0.25) is 0 Å². The van der Waals surface area contributed by atoms with E-state index in [1.807, 2.05) is 6.07 Å². The van der Waals surface area contributed by atoms with Crippen LogP contribution in [-0.2, 0) is 6.54 Å². The first-order chi connectivity index (χ1) is 13.9. The van der Waals surface area contributed by atoms with Crippen LogP contribution in [0.15, 0.2) is 30.5 Å². The maximum atomic E-state index is 12.5. The van der Waals surface area contributed by atoms with Gasteiger partial charge in [0, 0.05) is 18.7 Å². The molecule has 0 aliphatic carbocycles. The number of hydrogen-bond acceptors (Lipinski definition) is 7. The van der Waals surface area contributed by atoms with E-state index in [2.05, 4.69) is 30.7 Å². The van der Waals surface area contributed by atoms with Gasteiger partial charge in [0.25, 0.3) is 0 Å². The van der Waals surface area contributed by atoms with Gasteiger partial charge in [0.2, 0.25) is 5.95 Å². The van der Waals surface area contributed by atoms with Crippen LogP contribution in [-0.4, -0.2) is 36.0 Å². The van der Waals surface area contributed by atoms with Crippen LogP contribution < -0.4 is 20.7 Å².